The number of likely N-dealkylation sites (tertiary alicyclic amines) is 1. The van der Waals surface area contributed by atoms with E-state index in [1.165, 1.54) is 11.1 Å². The van der Waals surface area contributed by atoms with Crippen molar-refractivity contribution >= 4 is 11.6 Å². The maximum atomic E-state index is 12.7. The zero-order valence-corrected chi connectivity index (χ0v) is 14.3. The van der Waals surface area contributed by atoms with Crippen molar-refractivity contribution in [1.82, 2.24) is 4.90 Å². The number of halogens is 3. The molecule has 0 N–H and O–H groups in total. The first-order valence-corrected chi connectivity index (χ1v) is 8.68. The van der Waals surface area contributed by atoms with Crippen LogP contribution in [0.1, 0.15) is 30.4 Å². The van der Waals surface area contributed by atoms with Crippen molar-refractivity contribution in [3.05, 3.63) is 29.3 Å². The number of hydrogen-bond donors (Lipinski definition) is 0. The zero-order chi connectivity index (χ0) is 18.0. The van der Waals surface area contributed by atoms with Crippen LogP contribution in [-0.4, -0.2) is 49.5 Å². The molecule has 3 rings (SSSR count). The van der Waals surface area contributed by atoms with Gasteiger partial charge in [0.05, 0.1) is 12.6 Å². The van der Waals surface area contributed by atoms with E-state index in [1.54, 1.807) is 0 Å². The third kappa shape index (κ3) is 4.73. The van der Waals surface area contributed by atoms with Crippen molar-refractivity contribution in [1.29, 1.82) is 0 Å². The molecule has 1 aromatic carbocycles. The first-order chi connectivity index (χ1) is 11.8. The molecule has 1 saturated heterocycles. The van der Waals surface area contributed by atoms with Crippen LogP contribution >= 0.6 is 0 Å². The fourth-order valence-electron chi connectivity index (χ4n) is 3.64. The Bertz CT molecular complexity index is 625. The smallest absolute Gasteiger partial charge is 0.311 e. The Kier molecular flexibility index (Phi) is 5.34. The molecule has 1 aromatic rings. The highest BCUT2D eigenvalue weighted by atomic mass is 19.4. The lowest BCUT2D eigenvalue weighted by Gasteiger charge is -2.35. The number of rotatable bonds is 3. The van der Waals surface area contributed by atoms with Gasteiger partial charge >= 0.3 is 6.36 Å². The van der Waals surface area contributed by atoms with Crippen molar-refractivity contribution in [3.63, 3.8) is 0 Å². The average molecular weight is 356 g/mol. The van der Waals surface area contributed by atoms with Gasteiger partial charge in [-0.25, -0.2) is 0 Å². The van der Waals surface area contributed by atoms with Crippen LogP contribution in [0.5, 0.6) is 0 Å². The van der Waals surface area contributed by atoms with Crippen molar-refractivity contribution in [2.45, 2.75) is 45.1 Å². The number of anilines is 1. The van der Waals surface area contributed by atoms with E-state index in [4.69, 9.17) is 0 Å². The molecule has 7 heteroatoms. The topological polar surface area (TPSA) is 32.8 Å². The van der Waals surface area contributed by atoms with Crippen LogP contribution in [0, 0.1) is 6.92 Å². The molecular formula is C18H23F3N2O2. The number of nitrogens with zero attached hydrogens (tertiary/aromatic N) is 2. The van der Waals surface area contributed by atoms with Crippen LogP contribution in [-0.2, 0) is 16.0 Å². The van der Waals surface area contributed by atoms with E-state index in [1.807, 2.05) is 28.9 Å². The molecule has 0 radical (unpaired) electrons. The predicted molar refractivity (Wildman–Crippen MR) is 88.5 cm³/mol. The second-order valence-corrected chi connectivity index (χ2v) is 6.82. The number of fused-ring (bicyclic) bond motifs is 1. The van der Waals surface area contributed by atoms with Gasteiger partial charge in [-0.3, -0.25) is 14.4 Å². The van der Waals surface area contributed by atoms with Gasteiger partial charge in [-0.15, -0.1) is 13.2 Å². The third-order valence-corrected chi connectivity index (χ3v) is 4.85. The van der Waals surface area contributed by atoms with E-state index >= 15 is 0 Å². The molecule has 0 atom stereocenters. The minimum Gasteiger partial charge on any atom is -0.311 e. The highest BCUT2D eigenvalue weighted by molar-refractivity contribution is 5.96. The third-order valence-electron chi connectivity index (χ3n) is 4.85. The maximum absolute atomic E-state index is 12.7. The maximum Gasteiger partial charge on any atom is 0.522 e. The quantitative estimate of drug-likeness (QED) is 0.833. The van der Waals surface area contributed by atoms with E-state index in [2.05, 4.69) is 10.8 Å². The molecular weight excluding hydrogens is 333 g/mol. The highest BCUT2D eigenvalue weighted by Crippen LogP contribution is 2.29. The monoisotopic (exact) mass is 356 g/mol. The first-order valence-electron chi connectivity index (χ1n) is 8.68. The fraction of sp³-hybridized carbons (Fsp3) is 0.611. The lowest BCUT2D eigenvalue weighted by molar-refractivity contribution is -0.345. The number of carbonyl (C=O) groups excluding carboxylic acids is 1. The summed E-state index contributed by atoms with van der Waals surface area (Å²) >= 11 is 0. The normalized spacial score (nSPS) is 19.8. The lowest BCUT2D eigenvalue weighted by Crippen LogP contribution is -2.46. The Morgan fingerprint density at radius 2 is 1.96 bits per heavy atom. The van der Waals surface area contributed by atoms with Gasteiger partial charge in [0, 0.05) is 25.3 Å². The van der Waals surface area contributed by atoms with Crippen molar-refractivity contribution in [3.8, 4) is 0 Å². The molecule has 2 aliphatic rings. The average Bonchev–Trinajstić information content (AvgIpc) is 2.54. The summed E-state index contributed by atoms with van der Waals surface area (Å²) in [5.41, 5.74) is 3.34. The van der Waals surface area contributed by atoms with Gasteiger partial charge in [0.15, 0.2) is 0 Å². The predicted octanol–water partition coefficient (Wildman–Crippen LogP) is 3.28. The molecule has 0 saturated carbocycles. The van der Waals surface area contributed by atoms with Crippen LogP contribution < -0.4 is 4.90 Å². The number of aryl methyl sites for hydroxylation is 2. The first kappa shape index (κ1) is 18.2. The molecule has 1 amide bonds. The molecule has 138 valence electrons. The van der Waals surface area contributed by atoms with E-state index in [9.17, 15) is 18.0 Å². The summed E-state index contributed by atoms with van der Waals surface area (Å²) in [4.78, 5) is 16.4. The molecule has 1 fully saturated rings. The summed E-state index contributed by atoms with van der Waals surface area (Å²) in [7, 11) is 0. The molecule has 2 aliphatic heterocycles. The van der Waals surface area contributed by atoms with Gasteiger partial charge in [-0.2, -0.15) is 0 Å². The van der Waals surface area contributed by atoms with Crippen LogP contribution in [0.4, 0.5) is 18.9 Å². The van der Waals surface area contributed by atoms with Crippen LogP contribution in [0.3, 0.4) is 0 Å². The number of piperidine rings is 1. The summed E-state index contributed by atoms with van der Waals surface area (Å²) in [6, 6.07) is 6.12. The summed E-state index contributed by atoms with van der Waals surface area (Å²) in [5, 5.41) is 0. The molecule has 0 aromatic heterocycles. The Balaban J connectivity index is 1.56. The van der Waals surface area contributed by atoms with Gasteiger partial charge in [-0.1, -0.05) is 17.7 Å². The number of alkyl halides is 3. The number of amides is 1. The Labute approximate surface area is 145 Å². The molecule has 0 bridgehead atoms. The van der Waals surface area contributed by atoms with E-state index in [0.717, 1.165) is 18.5 Å². The standard InChI is InChI=1S/C18H23F3N2O2/c1-13-4-5-16-14(11-13)3-2-8-23(16)17(24)12-22-9-6-15(7-10-22)25-18(19,20)21/h4-5,11,15H,2-3,6-10,12H2,1H3. The van der Waals surface area contributed by atoms with E-state index in [-0.39, 0.29) is 12.5 Å². The number of carbonyl (C=O) groups is 1. The minimum absolute atomic E-state index is 0.0139. The van der Waals surface area contributed by atoms with Crippen LogP contribution in [0.2, 0.25) is 0 Å². The second kappa shape index (κ2) is 7.33. The molecule has 4 nitrogen and oxygen atoms in total. The molecule has 0 aliphatic carbocycles. The lowest BCUT2D eigenvalue weighted by atomic mass is 9.99. The SMILES string of the molecule is Cc1ccc2c(c1)CCCN2C(=O)CN1CCC(OC(F)(F)F)CC1. The number of benzene rings is 1. The van der Waals surface area contributed by atoms with Crippen molar-refractivity contribution in [2.75, 3.05) is 31.1 Å². The van der Waals surface area contributed by atoms with Crippen molar-refractivity contribution < 1.29 is 22.7 Å². The molecule has 0 spiro atoms. The van der Waals surface area contributed by atoms with E-state index in [0.29, 0.717) is 32.5 Å². The Morgan fingerprint density at radius 1 is 1.24 bits per heavy atom. The number of hydrogen-bond acceptors (Lipinski definition) is 3. The fourth-order valence-corrected chi connectivity index (χ4v) is 3.64. The second-order valence-electron chi connectivity index (χ2n) is 6.82. The van der Waals surface area contributed by atoms with Gasteiger partial charge in [0.25, 0.3) is 0 Å². The number of ether oxygens (including phenoxy) is 1. The molecule has 2 heterocycles. The van der Waals surface area contributed by atoms with Crippen LogP contribution in [0.15, 0.2) is 18.2 Å². The summed E-state index contributed by atoms with van der Waals surface area (Å²) in [6.45, 7) is 3.87. The van der Waals surface area contributed by atoms with E-state index < -0.39 is 12.5 Å². The Morgan fingerprint density at radius 3 is 2.64 bits per heavy atom. The zero-order valence-electron chi connectivity index (χ0n) is 14.3. The summed E-state index contributed by atoms with van der Waals surface area (Å²) in [5.74, 6) is 0.0139. The molecule has 25 heavy (non-hydrogen) atoms. The highest BCUT2D eigenvalue weighted by Gasteiger charge is 2.35. The minimum atomic E-state index is -4.59. The summed E-state index contributed by atoms with van der Waals surface area (Å²) < 4.78 is 40.9. The van der Waals surface area contributed by atoms with Gasteiger partial charge in [-0.05, 0) is 44.2 Å². The van der Waals surface area contributed by atoms with Gasteiger partial charge in [0.2, 0.25) is 5.91 Å². The van der Waals surface area contributed by atoms with Crippen LogP contribution in [0.25, 0.3) is 0 Å². The molecule has 0 unspecified atom stereocenters. The largest absolute Gasteiger partial charge is 0.522 e. The van der Waals surface area contributed by atoms with Gasteiger partial charge in [0.1, 0.15) is 0 Å². The summed E-state index contributed by atoms with van der Waals surface area (Å²) in [6.07, 6.45) is -2.89. The Hall–Kier alpha value is -1.60. The van der Waals surface area contributed by atoms with Gasteiger partial charge < -0.3 is 4.90 Å². The van der Waals surface area contributed by atoms with Crippen molar-refractivity contribution in [2.24, 2.45) is 0 Å².